The van der Waals surface area contributed by atoms with Crippen LogP contribution in [-0.2, 0) is 23.0 Å². The van der Waals surface area contributed by atoms with Crippen LogP contribution >= 0.6 is 0 Å². The van der Waals surface area contributed by atoms with Gasteiger partial charge in [-0.3, -0.25) is 4.79 Å². The monoisotopic (exact) mass is 238 g/mol. The third-order valence-corrected chi connectivity index (χ3v) is 3.43. The van der Waals surface area contributed by atoms with E-state index >= 15 is 0 Å². The van der Waals surface area contributed by atoms with Crippen LogP contribution in [0.5, 0.6) is 0 Å². The van der Waals surface area contributed by atoms with Gasteiger partial charge >= 0.3 is 0 Å². The Morgan fingerprint density at radius 1 is 1.41 bits per heavy atom. The van der Waals surface area contributed by atoms with E-state index in [1.54, 1.807) is 14.2 Å². The first-order valence-corrected chi connectivity index (χ1v) is 5.98. The van der Waals surface area contributed by atoms with Crippen LogP contribution in [0.4, 0.5) is 0 Å². The molecule has 1 aromatic heterocycles. The second-order valence-electron chi connectivity index (χ2n) is 4.55. The molecular formula is C11H18N4O2. The molecule has 0 atom stereocenters. The Kier molecular flexibility index (Phi) is 3.51. The number of ether oxygens (including phenoxy) is 1. The van der Waals surface area contributed by atoms with Crippen molar-refractivity contribution in [1.82, 2.24) is 20.2 Å². The largest absolute Gasteiger partial charge is 0.370 e. The first-order chi connectivity index (χ1) is 8.16. The van der Waals surface area contributed by atoms with Gasteiger partial charge in [-0.1, -0.05) is 19.3 Å². The number of aryl methyl sites for hydroxylation is 1. The first-order valence-electron chi connectivity index (χ1n) is 5.98. The van der Waals surface area contributed by atoms with E-state index in [2.05, 4.69) is 15.4 Å². The van der Waals surface area contributed by atoms with Gasteiger partial charge in [0.25, 0.3) is 0 Å². The van der Waals surface area contributed by atoms with Gasteiger partial charge in [0, 0.05) is 7.11 Å². The van der Waals surface area contributed by atoms with Crippen molar-refractivity contribution in [3.8, 4) is 0 Å². The number of nitrogens with zero attached hydrogens (tertiary/aromatic N) is 4. The summed E-state index contributed by atoms with van der Waals surface area (Å²) in [7, 11) is 3.31. The molecule has 1 aromatic rings. The molecule has 1 saturated carbocycles. The van der Waals surface area contributed by atoms with E-state index in [4.69, 9.17) is 4.74 Å². The van der Waals surface area contributed by atoms with Crippen LogP contribution in [0.1, 0.15) is 37.9 Å². The van der Waals surface area contributed by atoms with Gasteiger partial charge in [-0.2, -0.15) is 4.80 Å². The predicted octanol–water partition coefficient (Wildman–Crippen LogP) is 0.671. The topological polar surface area (TPSA) is 69.9 Å². The lowest BCUT2D eigenvalue weighted by Crippen LogP contribution is -2.43. The van der Waals surface area contributed by atoms with E-state index in [9.17, 15) is 4.79 Å². The molecule has 94 valence electrons. The fourth-order valence-corrected chi connectivity index (χ4v) is 2.42. The molecule has 0 aromatic carbocycles. The minimum Gasteiger partial charge on any atom is -0.370 e. The van der Waals surface area contributed by atoms with Crippen molar-refractivity contribution >= 4 is 5.78 Å². The van der Waals surface area contributed by atoms with Gasteiger partial charge in [-0.15, -0.1) is 10.2 Å². The SMILES string of the molecule is COC1(C(=O)Cc2nnn(C)n2)CCCCC1. The third kappa shape index (κ3) is 2.52. The molecule has 0 radical (unpaired) electrons. The molecule has 1 heterocycles. The number of rotatable bonds is 4. The molecule has 6 nitrogen and oxygen atoms in total. The minimum atomic E-state index is -0.614. The highest BCUT2D eigenvalue weighted by atomic mass is 16.5. The molecule has 1 aliphatic rings. The first kappa shape index (κ1) is 12.2. The quantitative estimate of drug-likeness (QED) is 0.771. The Bertz CT molecular complexity index is 396. The van der Waals surface area contributed by atoms with E-state index in [-0.39, 0.29) is 12.2 Å². The van der Waals surface area contributed by atoms with Gasteiger partial charge in [-0.05, 0) is 18.1 Å². The summed E-state index contributed by atoms with van der Waals surface area (Å²) in [6.45, 7) is 0. The van der Waals surface area contributed by atoms with Crippen LogP contribution < -0.4 is 0 Å². The summed E-state index contributed by atoms with van der Waals surface area (Å²) in [5.74, 6) is 0.548. The number of Topliss-reactive ketones (excluding diaryl/α,β-unsaturated/α-hetero) is 1. The summed E-state index contributed by atoms with van der Waals surface area (Å²) in [5.41, 5.74) is -0.614. The summed E-state index contributed by atoms with van der Waals surface area (Å²) >= 11 is 0. The summed E-state index contributed by atoms with van der Waals surface area (Å²) in [6.07, 6.45) is 5.11. The minimum absolute atomic E-state index is 0.0766. The van der Waals surface area contributed by atoms with Gasteiger partial charge < -0.3 is 4.74 Å². The van der Waals surface area contributed by atoms with E-state index in [1.165, 1.54) is 11.2 Å². The van der Waals surface area contributed by atoms with E-state index in [1.807, 2.05) is 0 Å². The zero-order valence-electron chi connectivity index (χ0n) is 10.3. The van der Waals surface area contributed by atoms with Crippen molar-refractivity contribution in [2.45, 2.75) is 44.1 Å². The number of carbonyl (C=O) groups excluding carboxylic acids is 1. The van der Waals surface area contributed by atoms with Crippen molar-refractivity contribution in [2.24, 2.45) is 7.05 Å². The molecule has 17 heavy (non-hydrogen) atoms. The van der Waals surface area contributed by atoms with Crippen LogP contribution in [0, 0.1) is 0 Å². The van der Waals surface area contributed by atoms with Crippen molar-refractivity contribution in [3.63, 3.8) is 0 Å². The molecule has 6 heteroatoms. The van der Waals surface area contributed by atoms with Gasteiger partial charge in [-0.25, -0.2) is 0 Å². The second kappa shape index (κ2) is 4.91. The lowest BCUT2D eigenvalue weighted by molar-refractivity contribution is -0.144. The number of ketones is 1. The molecule has 0 aliphatic heterocycles. The zero-order valence-corrected chi connectivity index (χ0v) is 10.3. The Labute approximate surface area is 100 Å². The summed E-state index contributed by atoms with van der Waals surface area (Å²) in [6, 6.07) is 0. The number of carbonyl (C=O) groups is 1. The molecular weight excluding hydrogens is 220 g/mol. The van der Waals surface area contributed by atoms with Gasteiger partial charge in [0.2, 0.25) is 0 Å². The zero-order chi connectivity index (χ0) is 12.3. The molecule has 1 aliphatic carbocycles. The Hall–Kier alpha value is -1.30. The average Bonchev–Trinajstić information content (AvgIpc) is 2.75. The van der Waals surface area contributed by atoms with Crippen LogP contribution in [0.2, 0.25) is 0 Å². The summed E-state index contributed by atoms with van der Waals surface area (Å²) in [5, 5.41) is 11.6. The van der Waals surface area contributed by atoms with Crippen LogP contribution in [0.3, 0.4) is 0 Å². The molecule has 0 unspecified atom stereocenters. The summed E-state index contributed by atoms with van der Waals surface area (Å²) in [4.78, 5) is 13.7. The maximum absolute atomic E-state index is 12.3. The lowest BCUT2D eigenvalue weighted by atomic mass is 9.80. The standard InChI is InChI=1S/C11H18N4O2/c1-15-13-10(12-14-15)8-9(16)11(17-2)6-4-3-5-7-11/h3-8H2,1-2H3. The van der Waals surface area contributed by atoms with Crippen molar-refractivity contribution < 1.29 is 9.53 Å². The van der Waals surface area contributed by atoms with Crippen LogP contribution in [0.25, 0.3) is 0 Å². The Balaban J connectivity index is 2.07. The number of aromatic nitrogens is 4. The molecule has 0 amide bonds. The van der Waals surface area contributed by atoms with Crippen molar-refractivity contribution in [2.75, 3.05) is 7.11 Å². The molecule has 0 N–H and O–H groups in total. The Morgan fingerprint density at radius 3 is 2.65 bits per heavy atom. The number of tetrazole rings is 1. The normalized spacial score (nSPS) is 19.2. The van der Waals surface area contributed by atoms with E-state index in [0.717, 1.165) is 25.7 Å². The third-order valence-electron chi connectivity index (χ3n) is 3.43. The average molecular weight is 238 g/mol. The Morgan fingerprint density at radius 2 is 2.12 bits per heavy atom. The lowest BCUT2D eigenvalue weighted by Gasteiger charge is -2.34. The maximum Gasteiger partial charge on any atom is 0.182 e. The molecule has 0 bridgehead atoms. The molecule has 2 rings (SSSR count). The highest BCUT2D eigenvalue weighted by Gasteiger charge is 2.39. The second-order valence-corrected chi connectivity index (χ2v) is 4.55. The highest BCUT2D eigenvalue weighted by Crippen LogP contribution is 2.32. The number of hydrogen-bond donors (Lipinski definition) is 0. The molecule has 0 saturated heterocycles. The van der Waals surface area contributed by atoms with Gasteiger partial charge in [0.15, 0.2) is 11.6 Å². The maximum atomic E-state index is 12.3. The molecule has 0 spiro atoms. The van der Waals surface area contributed by atoms with E-state index in [0.29, 0.717) is 5.82 Å². The van der Waals surface area contributed by atoms with Crippen LogP contribution in [-0.4, -0.2) is 38.7 Å². The van der Waals surface area contributed by atoms with E-state index < -0.39 is 5.60 Å². The van der Waals surface area contributed by atoms with Crippen LogP contribution in [0.15, 0.2) is 0 Å². The van der Waals surface area contributed by atoms with Crippen molar-refractivity contribution in [1.29, 1.82) is 0 Å². The van der Waals surface area contributed by atoms with Gasteiger partial charge in [0.05, 0.1) is 13.5 Å². The fraction of sp³-hybridized carbons (Fsp3) is 0.818. The number of methoxy groups -OCH3 is 1. The summed E-state index contributed by atoms with van der Waals surface area (Å²) < 4.78 is 5.49. The highest BCUT2D eigenvalue weighted by molar-refractivity contribution is 5.88. The van der Waals surface area contributed by atoms with Gasteiger partial charge in [0.1, 0.15) is 5.60 Å². The molecule has 1 fully saturated rings. The predicted molar refractivity (Wildman–Crippen MR) is 60.3 cm³/mol. The number of hydrogen-bond acceptors (Lipinski definition) is 5. The fourth-order valence-electron chi connectivity index (χ4n) is 2.42. The smallest absolute Gasteiger partial charge is 0.182 e. The van der Waals surface area contributed by atoms with Crippen molar-refractivity contribution in [3.05, 3.63) is 5.82 Å².